The molecule has 1 amide bonds. The van der Waals surface area contributed by atoms with Gasteiger partial charge in [0.15, 0.2) is 0 Å². The van der Waals surface area contributed by atoms with Crippen LogP contribution in [0.5, 0.6) is 0 Å². The van der Waals surface area contributed by atoms with Gasteiger partial charge in [0.2, 0.25) is 5.91 Å². The van der Waals surface area contributed by atoms with E-state index in [1.54, 1.807) is 11.8 Å². The lowest BCUT2D eigenvalue weighted by molar-refractivity contribution is -0.151. The molecule has 1 atom stereocenters. The summed E-state index contributed by atoms with van der Waals surface area (Å²) in [5.74, 6) is 0.935. The Morgan fingerprint density at radius 1 is 1.26 bits per heavy atom. The molecule has 1 aliphatic rings. The van der Waals surface area contributed by atoms with Gasteiger partial charge in [-0.1, -0.05) is 0 Å². The Morgan fingerprint density at radius 2 is 1.91 bits per heavy atom. The van der Waals surface area contributed by atoms with Crippen LogP contribution < -0.4 is 0 Å². The minimum absolute atomic E-state index is 0.0600. The van der Waals surface area contributed by atoms with Crippen LogP contribution in [0, 0.1) is 5.92 Å². The van der Waals surface area contributed by atoms with Crippen molar-refractivity contribution in [3.8, 4) is 0 Å². The average Bonchev–Trinajstić information content (AvgIpc) is 3.09. The number of piperidine rings is 1. The summed E-state index contributed by atoms with van der Waals surface area (Å²) in [7, 11) is 0. The number of nitrogens with zero attached hydrogens (tertiary/aromatic N) is 2. The zero-order chi connectivity index (χ0) is 16.7. The first-order valence-corrected chi connectivity index (χ1v) is 9.63. The molecule has 0 unspecified atom stereocenters. The predicted octanol–water partition coefficient (Wildman–Crippen LogP) is 2.58. The molecule has 1 aliphatic heterocycles. The fourth-order valence-corrected chi connectivity index (χ4v) is 3.45. The van der Waals surface area contributed by atoms with Crippen molar-refractivity contribution in [1.82, 2.24) is 9.47 Å². The monoisotopic (exact) mass is 338 g/mol. The van der Waals surface area contributed by atoms with Gasteiger partial charge in [0, 0.05) is 25.5 Å². The highest BCUT2D eigenvalue weighted by atomic mass is 32.2. The summed E-state index contributed by atoms with van der Waals surface area (Å²) in [5, 5.41) is 0. The van der Waals surface area contributed by atoms with Gasteiger partial charge in [0.25, 0.3) is 0 Å². The van der Waals surface area contributed by atoms with E-state index in [2.05, 4.69) is 6.26 Å². The second kappa shape index (κ2) is 9.01. The number of aromatic nitrogens is 1. The van der Waals surface area contributed by atoms with Gasteiger partial charge in [0.1, 0.15) is 6.04 Å². The Hall–Kier alpha value is -1.43. The highest BCUT2D eigenvalue weighted by Gasteiger charge is 2.31. The highest BCUT2D eigenvalue weighted by molar-refractivity contribution is 7.98. The van der Waals surface area contributed by atoms with Crippen molar-refractivity contribution in [2.24, 2.45) is 5.92 Å². The first-order valence-electron chi connectivity index (χ1n) is 8.24. The number of esters is 1. The van der Waals surface area contributed by atoms with Gasteiger partial charge < -0.3 is 14.2 Å². The molecule has 0 aliphatic carbocycles. The fraction of sp³-hybridized carbons (Fsp3) is 0.647. The molecule has 1 aromatic heterocycles. The summed E-state index contributed by atoms with van der Waals surface area (Å²) in [4.78, 5) is 26.6. The van der Waals surface area contributed by atoms with Gasteiger partial charge in [-0.05, 0) is 50.3 Å². The first kappa shape index (κ1) is 17.9. The van der Waals surface area contributed by atoms with E-state index >= 15 is 0 Å². The van der Waals surface area contributed by atoms with Crippen molar-refractivity contribution in [1.29, 1.82) is 0 Å². The SMILES string of the molecule is CCOC(=O)C1CCN(C(=O)[C@H](CCSC)n2cccc2)CC1. The topological polar surface area (TPSA) is 51.5 Å². The van der Waals surface area contributed by atoms with Gasteiger partial charge in [-0.15, -0.1) is 0 Å². The van der Waals surface area contributed by atoms with Crippen LogP contribution in [-0.4, -0.2) is 53.0 Å². The molecule has 0 spiro atoms. The van der Waals surface area contributed by atoms with E-state index in [1.807, 2.05) is 40.9 Å². The summed E-state index contributed by atoms with van der Waals surface area (Å²) in [6.07, 6.45) is 8.19. The molecular formula is C17H26N2O3S. The Labute approximate surface area is 142 Å². The molecule has 128 valence electrons. The zero-order valence-electron chi connectivity index (χ0n) is 13.9. The fourth-order valence-electron chi connectivity index (χ4n) is 2.99. The standard InChI is InChI=1S/C17H26N2O3S/c1-3-22-17(21)14-6-11-19(12-7-14)16(20)15(8-13-23-2)18-9-4-5-10-18/h4-5,9-10,14-15H,3,6-8,11-13H2,1-2H3/t15-/m0/s1. The van der Waals surface area contributed by atoms with Gasteiger partial charge in [-0.2, -0.15) is 11.8 Å². The van der Waals surface area contributed by atoms with Crippen LogP contribution in [0.2, 0.25) is 0 Å². The van der Waals surface area contributed by atoms with Crippen molar-refractivity contribution < 1.29 is 14.3 Å². The predicted molar refractivity (Wildman–Crippen MR) is 92.4 cm³/mol. The molecule has 0 saturated carbocycles. The summed E-state index contributed by atoms with van der Waals surface area (Å²) in [6.45, 7) is 3.52. The molecule has 0 radical (unpaired) electrons. The lowest BCUT2D eigenvalue weighted by atomic mass is 9.96. The number of ether oxygens (including phenoxy) is 1. The Bertz CT molecular complexity index is 496. The van der Waals surface area contributed by atoms with Gasteiger partial charge in [0.05, 0.1) is 12.5 Å². The molecular weight excluding hydrogens is 312 g/mol. The van der Waals surface area contributed by atoms with Gasteiger partial charge >= 0.3 is 5.97 Å². The lowest BCUT2D eigenvalue weighted by Crippen LogP contribution is -2.44. The molecule has 2 rings (SSSR count). The molecule has 6 heteroatoms. The highest BCUT2D eigenvalue weighted by Crippen LogP contribution is 2.24. The van der Waals surface area contributed by atoms with E-state index in [1.165, 1.54) is 0 Å². The quantitative estimate of drug-likeness (QED) is 0.717. The number of carbonyl (C=O) groups excluding carboxylic acids is 2. The van der Waals surface area contributed by atoms with Crippen LogP contribution >= 0.6 is 11.8 Å². The van der Waals surface area contributed by atoms with E-state index in [0.717, 1.165) is 12.2 Å². The third kappa shape index (κ3) is 4.77. The molecule has 0 aromatic carbocycles. The van der Waals surface area contributed by atoms with E-state index < -0.39 is 0 Å². The number of thioether (sulfide) groups is 1. The van der Waals surface area contributed by atoms with Gasteiger partial charge in [-0.3, -0.25) is 9.59 Å². The minimum Gasteiger partial charge on any atom is -0.466 e. The Balaban J connectivity index is 1.95. The summed E-state index contributed by atoms with van der Waals surface area (Å²) in [6, 6.07) is 3.76. The summed E-state index contributed by atoms with van der Waals surface area (Å²) in [5.41, 5.74) is 0. The van der Waals surface area contributed by atoms with Crippen LogP contribution in [0.1, 0.15) is 32.2 Å². The van der Waals surface area contributed by atoms with E-state index in [9.17, 15) is 9.59 Å². The normalized spacial score (nSPS) is 17.0. The number of carbonyl (C=O) groups is 2. The van der Waals surface area contributed by atoms with E-state index in [0.29, 0.717) is 32.5 Å². The molecule has 23 heavy (non-hydrogen) atoms. The van der Waals surface area contributed by atoms with Crippen LogP contribution in [-0.2, 0) is 14.3 Å². The van der Waals surface area contributed by atoms with Crippen molar-refractivity contribution in [3.05, 3.63) is 24.5 Å². The van der Waals surface area contributed by atoms with Gasteiger partial charge in [-0.25, -0.2) is 0 Å². The maximum atomic E-state index is 12.9. The Kier molecular flexibility index (Phi) is 7.02. The maximum Gasteiger partial charge on any atom is 0.309 e. The maximum absolute atomic E-state index is 12.9. The number of hydrogen-bond donors (Lipinski definition) is 0. The molecule has 0 bridgehead atoms. The third-order valence-corrected chi connectivity index (χ3v) is 4.94. The average molecular weight is 338 g/mol. The van der Waals surface area contributed by atoms with Crippen LogP contribution in [0.3, 0.4) is 0 Å². The van der Waals surface area contributed by atoms with Crippen molar-refractivity contribution in [2.45, 2.75) is 32.2 Å². The second-order valence-corrected chi connectivity index (χ2v) is 6.76. The van der Waals surface area contributed by atoms with E-state index in [-0.39, 0.29) is 23.8 Å². The number of amides is 1. The van der Waals surface area contributed by atoms with Crippen LogP contribution in [0.4, 0.5) is 0 Å². The molecule has 2 heterocycles. The summed E-state index contributed by atoms with van der Waals surface area (Å²) >= 11 is 1.76. The second-order valence-electron chi connectivity index (χ2n) is 5.78. The summed E-state index contributed by atoms with van der Waals surface area (Å²) < 4.78 is 7.08. The van der Waals surface area contributed by atoms with Crippen molar-refractivity contribution in [3.63, 3.8) is 0 Å². The first-order chi connectivity index (χ1) is 11.2. The molecule has 1 saturated heterocycles. The third-order valence-electron chi connectivity index (χ3n) is 4.29. The number of rotatable bonds is 7. The molecule has 1 fully saturated rings. The van der Waals surface area contributed by atoms with E-state index in [4.69, 9.17) is 4.74 Å². The van der Waals surface area contributed by atoms with Crippen molar-refractivity contribution >= 4 is 23.6 Å². The largest absolute Gasteiger partial charge is 0.466 e. The zero-order valence-corrected chi connectivity index (χ0v) is 14.8. The Morgan fingerprint density at radius 3 is 2.48 bits per heavy atom. The van der Waals surface area contributed by atoms with Crippen LogP contribution in [0.15, 0.2) is 24.5 Å². The molecule has 0 N–H and O–H groups in total. The molecule has 1 aromatic rings. The minimum atomic E-state index is -0.142. The van der Waals surface area contributed by atoms with Crippen LogP contribution in [0.25, 0.3) is 0 Å². The van der Waals surface area contributed by atoms with Crippen molar-refractivity contribution in [2.75, 3.05) is 31.7 Å². The number of hydrogen-bond acceptors (Lipinski definition) is 4. The molecule has 5 nitrogen and oxygen atoms in total. The lowest BCUT2D eigenvalue weighted by Gasteiger charge is -2.33. The number of likely N-dealkylation sites (tertiary alicyclic amines) is 1. The smallest absolute Gasteiger partial charge is 0.309 e.